The fraction of sp³-hybridized carbons (Fsp3) is 0.182. The van der Waals surface area contributed by atoms with Crippen molar-refractivity contribution in [2.45, 2.75) is 12.5 Å². The van der Waals surface area contributed by atoms with Crippen LogP contribution in [0.2, 0.25) is 0 Å². The lowest BCUT2D eigenvalue weighted by molar-refractivity contribution is 0.504. The van der Waals surface area contributed by atoms with Gasteiger partial charge < -0.3 is 0 Å². The molecule has 0 saturated heterocycles. The van der Waals surface area contributed by atoms with E-state index in [1.54, 1.807) is 11.7 Å². The van der Waals surface area contributed by atoms with Crippen LogP contribution in [-0.4, -0.2) is 4.98 Å². The molecule has 3 nitrogen and oxygen atoms in total. The first-order valence-electron chi connectivity index (χ1n) is 4.99. The lowest BCUT2D eigenvalue weighted by Crippen LogP contribution is -2.29. The highest BCUT2D eigenvalue weighted by atomic mass is 32.1. The van der Waals surface area contributed by atoms with Crippen molar-refractivity contribution in [2.24, 2.45) is 5.84 Å². The molecule has 2 aromatic rings. The van der Waals surface area contributed by atoms with Crippen molar-refractivity contribution >= 4 is 11.3 Å². The Bertz CT molecular complexity index is 467. The fourth-order valence-corrected chi connectivity index (χ4v) is 2.25. The van der Waals surface area contributed by atoms with Crippen LogP contribution in [0.25, 0.3) is 0 Å². The number of thiazole rings is 1. The maximum Gasteiger partial charge on any atom is 0.129 e. The van der Waals surface area contributed by atoms with E-state index in [9.17, 15) is 8.78 Å². The molecule has 90 valence electrons. The Kier molecular flexibility index (Phi) is 3.78. The summed E-state index contributed by atoms with van der Waals surface area (Å²) < 4.78 is 26.9. The van der Waals surface area contributed by atoms with E-state index < -0.39 is 11.6 Å². The quantitative estimate of drug-likeness (QED) is 0.650. The summed E-state index contributed by atoms with van der Waals surface area (Å²) in [6.07, 6.45) is 1.78. The van der Waals surface area contributed by atoms with Crippen LogP contribution in [0, 0.1) is 11.6 Å². The number of rotatable bonds is 4. The predicted molar refractivity (Wildman–Crippen MR) is 62.2 cm³/mol. The van der Waals surface area contributed by atoms with E-state index in [1.807, 2.05) is 0 Å². The molecule has 0 aliphatic rings. The zero-order valence-corrected chi connectivity index (χ0v) is 9.68. The first kappa shape index (κ1) is 12.1. The van der Waals surface area contributed by atoms with Gasteiger partial charge in [-0.2, -0.15) is 0 Å². The Labute approximate surface area is 101 Å². The largest absolute Gasteiger partial charge is 0.271 e. The summed E-state index contributed by atoms with van der Waals surface area (Å²) in [5.74, 6) is 4.28. The molecule has 0 radical (unpaired) electrons. The first-order valence-corrected chi connectivity index (χ1v) is 5.87. The topological polar surface area (TPSA) is 50.9 Å². The van der Waals surface area contributed by atoms with Gasteiger partial charge in [0, 0.05) is 16.6 Å². The summed E-state index contributed by atoms with van der Waals surface area (Å²) >= 11 is 1.39. The number of nitrogens with one attached hydrogen (secondary N) is 1. The van der Waals surface area contributed by atoms with Crippen LogP contribution in [0.15, 0.2) is 29.9 Å². The monoisotopic (exact) mass is 255 g/mol. The minimum absolute atomic E-state index is 0.0313. The summed E-state index contributed by atoms with van der Waals surface area (Å²) in [5.41, 5.74) is 4.23. The Morgan fingerprint density at radius 2 is 2.06 bits per heavy atom. The van der Waals surface area contributed by atoms with Crippen LogP contribution < -0.4 is 11.3 Å². The summed E-state index contributed by atoms with van der Waals surface area (Å²) in [6, 6.07) is 3.47. The highest BCUT2D eigenvalue weighted by Gasteiger charge is 2.17. The van der Waals surface area contributed by atoms with Crippen LogP contribution in [0.4, 0.5) is 8.78 Å². The van der Waals surface area contributed by atoms with Gasteiger partial charge in [-0.1, -0.05) is 6.07 Å². The van der Waals surface area contributed by atoms with Gasteiger partial charge in [-0.25, -0.2) is 8.78 Å². The standard InChI is InChI=1S/C11H11F2N3S/c12-8-2-1-3-9(13)7(8)4-10(16-14)11-5-15-6-17-11/h1-3,5-6,10,16H,4,14H2. The molecule has 0 fully saturated rings. The summed E-state index contributed by atoms with van der Waals surface area (Å²) in [6.45, 7) is 0. The predicted octanol–water partition coefficient (Wildman–Crippen LogP) is 2.17. The van der Waals surface area contributed by atoms with Crippen molar-refractivity contribution in [1.29, 1.82) is 0 Å². The van der Waals surface area contributed by atoms with Gasteiger partial charge in [0.15, 0.2) is 0 Å². The molecule has 1 atom stereocenters. The van der Waals surface area contributed by atoms with Gasteiger partial charge in [-0.15, -0.1) is 11.3 Å². The molecule has 0 aliphatic heterocycles. The number of nitrogens with zero attached hydrogens (tertiary/aromatic N) is 1. The Morgan fingerprint density at radius 3 is 2.59 bits per heavy atom. The van der Waals surface area contributed by atoms with E-state index in [4.69, 9.17) is 5.84 Å². The van der Waals surface area contributed by atoms with Crippen LogP contribution in [-0.2, 0) is 6.42 Å². The maximum atomic E-state index is 13.5. The van der Waals surface area contributed by atoms with E-state index in [0.29, 0.717) is 0 Å². The Hall–Kier alpha value is -1.37. The first-order chi connectivity index (χ1) is 8.22. The van der Waals surface area contributed by atoms with Gasteiger partial charge in [0.1, 0.15) is 11.6 Å². The molecule has 0 saturated carbocycles. The normalized spacial score (nSPS) is 12.6. The molecule has 2 rings (SSSR count). The number of benzene rings is 1. The van der Waals surface area contributed by atoms with Crippen molar-refractivity contribution in [3.05, 3.63) is 52.0 Å². The molecule has 1 aromatic heterocycles. The zero-order chi connectivity index (χ0) is 12.3. The van der Waals surface area contributed by atoms with Gasteiger partial charge >= 0.3 is 0 Å². The zero-order valence-electron chi connectivity index (χ0n) is 8.86. The molecule has 1 unspecified atom stereocenters. The molecule has 6 heteroatoms. The van der Waals surface area contributed by atoms with Crippen molar-refractivity contribution in [1.82, 2.24) is 10.4 Å². The number of hydrazine groups is 1. The molecular weight excluding hydrogens is 244 g/mol. The summed E-state index contributed by atoms with van der Waals surface area (Å²) in [4.78, 5) is 4.76. The van der Waals surface area contributed by atoms with Gasteiger partial charge in [0.05, 0.1) is 11.6 Å². The van der Waals surface area contributed by atoms with Gasteiger partial charge in [0.25, 0.3) is 0 Å². The second-order valence-electron chi connectivity index (χ2n) is 3.53. The molecule has 3 N–H and O–H groups in total. The van der Waals surface area contributed by atoms with Crippen molar-refractivity contribution < 1.29 is 8.78 Å². The Morgan fingerprint density at radius 1 is 1.35 bits per heavy atom. The molecule has 0 aliphatic carbocycles. The van der Waals surface area contributed by atoms with Crippen LogP contribution in [0.3, 0.4) is 0 Å². The lowest BCUT2D eigenvalue weighted by Gasteiger charge is -2.14. The summed E-state index contributed by atoms with van der Waals surface area (Å²) in [7, 11) is 0. The average Bonchev–Trinajstić information content (AvgIpc) is 2.82. The van der Waals surface area contributed by atoms with Crippen molar-refractivity contribution in [3.8, 4) is 0 Å². The second-order valence-corrected chi connectivity index (χ2v) is 4.45. The van der Waals surface area contributed by atoms with Crippen LogP contribution in [0.5, 0.6) is 0 Å². The van der Waals surface area contributed by atoms with Gasteiger partial charge in [-0.05, 0) is 18.6 Å². The van der Waals surface area contributed by atoms with E-state index in [0.717, 1.165) is 4.88 Å². The highest BCUT2D eigenvalue weighted by Crippen LogP contribution is 2.23. The minimum Gasteiger partial charge on any atom is -0.271 e. The Balaban J connectivity index is 2.25. The smallest absolute Gasteiger partial charge is 0.129 e. The molecule has 0 bridgehead atoms. The number of nitrogens with two attached hydrogens (primary N) is 1. The molecule has 0 amide bonds. The highest BCUT2D eigenvalue weighted by molar-refractivity contribution is 7.09. The van der Waals surface area contributed by atoms with E-state index in [2.05, 4.69) is 10.4 Å². The third kappa shape index (κ3) is 2.66. The SMILES string of the molecule is NNC(Cc1c(F)cccc1F)c1cncs1. The molecule has 17 heavy (non-hydrogen) atoms. The van der Waals surface area contributed by atoms with Crippen molar-refractivity contribution in [2.75, 3.05) is 0 Å². The van der Waals surface area contributed by atoms with Crippen molar-refractivity contribution in [3.63, 3.8) is 0 Å². The third-order valence-electron chi connectivity index (χ3n) is 2.47. The van der Waals surface area contributed by atoms with E-state index in [1.165, 1.54) is 29.5 Å². The van der Waals surface area contributed by atoms with E-state index >= 15 is 0 Å². The molecule has 1 aromatic carbocycles. The van der Waals surface area contributed by atoms with E-state index in [-0.39, 0.29) is 18.0 Å². The lowest BCUT2D eigenvalue weighted by atomic mass is 10.0. The van der Waals surface area contributed by atoms with Gasteiger partial charge in [0.2, 0.25) is 0 Å². The fourth-order valence-electron chi connectivity index (χ4n) is 1.57. The number of halogens is 2. The van der Waals surface area contributed by atoms with Crippen LogP contribution >= 0.6 is 11.3 Å². The second kappa shape index (κ2) is 5.31. The number of hydrogen-bond acceptors (Lipinski definition) is 4. The number of hydrogen-bond donors (Lipinski definition) is 2. The third-order valence-corrected chi connectivity index (χ3v) is 3.36. The van der Waals surface area contributed by atoms with Gasteiger partial charge in [-0.3, -0.25) is 16.3 Å². The summed E-state index contributed by atoms with van der Waals surface area (Å²) in [5, 5.41) is 0. The average molecular weight is 255 g/mol. The molecule has 0 spiro atoms. The van der Waals surface area contributed by atoms with Crippen LogP contribution in [0.1, 0.15) is 16.5 Å². The molecule has 1 heterocycles. The minimum atomic E-state index is -0.560. The number of aromatic nitrogens is 1. The molecular formula is C11H11F2N3S. The maximum absolute atomic E-state index is 13.5.